The minimum Gasteiger partial charge on any atom is -0.481 e. The molecular weight excluding hydrogens is 474 g/mol. The molecule has 3 aliphatic rings. The smallest absolute Gasteiger partial charge is 0.316 e. The minimum atomic E-state index is -0.745. The van der Waals surface area contributed by atoms with E-state index in [4.69, 9.17) is 14.2 Å². The van der Waals surface area contributed by atoms with E-state index in [9.17, 15) is 19.5 Å². The SMILES string of the molecule is COCOCC(CCC1(C(=O)NC2CCC(C(=O)O)CC2)CCCC1)C(=O)Oc1ccc2c(c1)CCC2. The Labute approximate surface area is 219 Å². The van der Waals surface area contributed by atoms with Gasteiger partial charge in [0, 0.05) is 18.6 Å². The molecule has 1 aromatic carbocycles. The zero-order chi connectivity index (χ0) is 26.3. The van der Waals surface area contributed by atoms with E-state index in [0.29, 0.717) is 44.3 Å². The summed E-state index contributed by atoms with van der Waals surface area (Å²) in [6, 6.07) is 5.90. The molecular formula is C29H41NO7. The third-order valence-corrected chi connectivity index (χ3v) is 8.57. The largest absolute Gasteiger partial charge is 0.481 e. The average Bonchev–Trinajstić information content (AvgIpc) is 3.56. The van der Waals surface area contributed by atoms with Gasteiger partial charge in [-0.15, -0.1) is 0 Å². The van der Waals surface area contributed by atoms with Gasteiger partial charge >= 0.3 is 11.9 Å². The fourth-order valence-corrected chi connectivity index (χ4v) is 6.27. The summed E-state index contributed by atoms with van der Waals surface area (Å²) in [4.78, 5) is 38.0. The van der Waals surface area contributed by atoms with Gasteiger partial charge in [-0.3, -0.25) is 14.4 Å². The first-order chi connectivity index (χ1) is 17.9. The number of rotatable bonds is 12. The molecule has 0 aliphatic heterocycles. The molecule has 37 heavy (non-hydrogen) atoms. The van der Waals surface area contributed by atoms with Crippen LogP contribution in [0.1, 0.15) is 81.8 Å². The Hall–Kier alpha value is -2.45. The summed E-state index contributed by atoms with van der Waals surface area (Å²) in [6.07, 6.45) is 10.5. The molecule has 1 aromatic rings. The zero-order valence-corrected chi connectivity index (χ0v) is 22.0. The second kappa shape index (κ2) is 12.9. The Kier molecular flexibility index (Phi) is 9.60. The van der Waals surface area contributed by atoms with Gasteiger partial charge in [-0.25, -0.2) is 0 Å². The molecule has 0 heterocycles. The fourth-order valence-electron chi connectivity index (χ4n) is 6.27. The number of carbonyl (C=O) groups is 3. The summed E-state index contributed by atoms with van der Waals surface area (Å²) in [6.45, 7) is 0.266. The molecule has 2 N–H and O–H groups in total. The zero-order valence-electron chi connectivity index (χ0n) is 22.0. The van der Waals surface area contributed by atoms with E-state index >= 15 is 0 Å². The topological polar surface area (TPSA) is 111 Å². The minimum absolute atomic E-state index is 0.0196. The normalized spacial score (nSPS) is 23.3. The van der Waals surface area contributed by atoms with Crippen LogP contribution in [0.2, 0.25) is 0 Å². The van der Waals surface area contributed by atoms with E-state index in [1.807, 2.05) is 18.2 Å². The van der Waals surface area contributed by atoms with E-state index in [2.05, 4.69) is 5.32 Å². The maximum Gasteiger partial charge on any atom is 0.316 e. The molecule has 2 fully saturated rings. The van der Waals surface area contributed by atoms with Gasteiger partial charge in [0.15, 0.2) is 0 Å². The molecule has 1 amide bonds. The van der Waals surface area contributed by atoms with Crippen LogP contribution in [-0.2, 0) is 36.7 Å². The first-order valence-corrected chi connectivity index (χ1v) is 13.8. The van der Waals surface area contributed by atoms with Crippen molar-refractivity contribution >= 4 is 17.8 Å². The number of esters is 1. The molecule has 3 aliphatic carbocycles. The number of nitrogens with one attached hydrogen (secondary N) is 1. The number of carboxylic acid groups (broad SMARTS) is 1. The number of methoxy groups -OCH3 is 1. The molecule has 8 nitrogen and oxygen atoms in total. The highest BCUT2D eigenvalue weighted by molar-refractivity contribution is 5.83. The molecule has 1 unspecified atom stereocenters. The van der Waals surface area contributed by atoms with Crippen molar-refractivity contribution in [2.24, 2.45) is 17.3 Å². The highest BCUT2D eigenvalue weighted by Crippen LogP contribution is 2.43. The van der Waals surface area contributed by atoms with Gasteiger partial charge in [-0.05, 0) is 93.9 Å². The molecule has 2 saturated carbocycles. The van der Waals surface area contributed by atoms with Crippen molar-refractivity contribution in [1.82, 2.24) is 5.32 Å². The molecule has 0 spiro atoms. The van der Waals surface area contributed by atoms with E-state index in [1.165, 1.54) is 11.1 Å². The summed E-state index contributed by atoms with van der Waals surface area (Å²) >= 11 is 0. The number of fused-ring (bicyclic) bond motifs is 1. The second-order valence-corrected chi connectivity index (χ2v) is 11.1. The van der Waals surface area contributed by atoms with Crippen molar-refractivity contribution in [3.8, 4) is 5.75 Å². The van der Waals surface area contributed by atoms with Crippen LogP contribution in [0.25, 0.3) is 0 Å². The Morgan fingerprint density at radius 1 is 1.05 bits per heavy atom. The van der Waals surface area contributed by atoms with Crippen molar-refractivity contribution in [2.75, 3.05) is 20.5 Å². The van der Waals surface area contributed by atoms with E-state index < -0.39 is 17.3 Å². The van der Waals surface area contributed by atoms with Crippen LogP contribution in [0.5, 0.6) is 5.75 Å². The lowest BCUT2D eigenvalue weighted by molar-refractivity contribution is -0.145. The third-order valence-electron chi connectivity index (χ3n) is 8.57. The molecule has 204 valence electrons. The number of hydrogen-bond acceptors (Lipinski definition) is 6. The monoisotopic (exact) mass is 515 g/mol. The van der Waals surface area contributed by atoms with Crippen molar-refractivity contribution in [3.05, 3.63) is 29.3 Å². The number of ether oxygens (including phenoxy) is 3. The number of carbonyl (C=O) groups excluding carboxylic acids is 2. The predicted molar refractivity (Wildman–Crippen MR) is 137 cm³/mol. The van der Waals surface area contributed by atoms with Crippen molar-refractivity contribution in [2.45, 2.75) is 89.5 Å². The van der Waals surface area contributed by atoms with Gasteiger partial charge in [0.05, 0.1) is 18.4 Å². The first kappa shape index (κ1) is 27.6. The fraction of sp³-hybridized carbons (Fsp3) is 0.690. The number of aliphatic carboxylic acids is 1. The molecule has 1 atom stereocenters. The van der Waals surface area contributed by atoms with Crippen molar-refractivity contribution in [1.29, 1.82) is 0 Å². The standard InChI is InChI=1S/C29H41NO7/c1-35-19-36-18-23(27(33)37-25-12-9-20-5-4-6-22(20)17-25)13-16-29(14-2-3-15-29)28(34)30-24-10-7-21(8-11-24)26(31)32/h9,12,17,21,23-24H,2-8,10-11,13-16,18-19H2,1H3,(H,30,34)(H,31,32). The van der Waals surface area contributed by atoms with Gasteiger partial charge in [0.1, 0.15) is 12.5 Å². The van der Waals surface area contributed by atoms with Gasteiger partial charge in [0.2, 0.25) is 5.91 Å². The van der Waals surface area contributed by atoms with E-state index in [-0.39, 0.29) is 37.2 Å². The summed E-state index contributed by atoms with van der Waals surface area (Å²) in [5.41, 5.74) is 2.07. The Balaban J connectivity index is 1.37. The maximum atomic E-state index is 13.5. The summed E-state index contributed by atoms with van der Waals surface area (Å²) < 4.78 is 16.4. The molecule has 4 rings (SSSR count). The summed E-state index contributed by atoms with van der Waals surface area (Å²) in [5, 5.41) is 12.5. The number of carboxylic acids is 1. The van der Waals surface area contributed by atoms with Crippen LogP contribution in [0.3, 0.4) is 0 Å². The van der Waals surface area contributed by atoms with Gasteiger partial charge in [-0.2, -0.15) is 0 Å². The molecule has 0 bridgehead atoms. The maximum absolute atomic E-state index is 13.5. The average molecular weight is 516 g/mol. The quantitative estimate of drug-likeness (QED) is 0.183. The van der Waals surface area contributed by atoms with Crippen LogP contribution in [0, 0.1) is 17.3 Å². The van der Waals surface area contributed by atoms with E-state index in [1.54, 1.807) is 7.11 Å². The van der Waals surface area contributed by atoms with E-state index in [0.717, 1.165) is 44.9 Å². The summed E-state index contributed by atoms with van der Waals surface area (Å²) in [5.74, 6) is -1.28. The Morgan fingerprint density at radius 2 is 1.78 bits per heavy atom. The van der Waals surface area contributed by atoms with Gasteiger partial charge in [0.25, 0.3) is 0 Å². The van der Waals surface area contributed by atoms with Crippen molar-refractivity contribution in [3.63, 3.8) is 0 Å². The lowest BCUT2D eigenvalue weighted by Crippen LogP contribution is -2.46. The molecule has 0 aromatic heterocycles. The Morgan fingerprint density at radius 3 is 2.49 bits per heavy atom. The molecule has 0 radical (unpaired) electrons. The number of benzene rings is 1. The van der Waals surface area contributed by atoms with Crippen LogP contribution in [0.15, 0.2) is 18.2 Å². The van der Waals surface area contributed by atoms with Crippen LogP contribution in [0.4, 0.5) is 0 Å². The van der Waals surface area contributed by atoms with Gasteiger partial charge < -0.3 is 24.6 Å². The highest BCUT2D eigenvalue weighted by atomic mass is 16.7. The number of hydrogen-bond donors (Lipinski definition) is 2. The van der Waals surface area contributed by atoms with Crippen molar-refractivity contribution < 1.29 is 33.7 Å². The third kappa shape index (κ3) is 7.11. The summed E-state index contributed by atoms with van der Waals surface area (Å²) in [7, 11) is 1.54. The number of amides is 1. The van der Waals surface area contributed by atoms with Crippen LogP contribution < -0.4 is 10.1 Å². The predicted octanol–water partition coefficient (Wildman–Crippen LogP) is 4.42. The lowest BCUT2D eigenvalue weighted by atomic mass is 9.77. The first-order valence-electron chi connectivity index (χ1n) is 13.8. The van der Waals surface area contributed by atoms with Crippen LogP contribution in [-0.4, -0.2) is 49.5 Å². The molecule has 0 saturated heterocycles. The number of aryl methyl sites for hydroxylation is 2. The molecule has 8 heteroatoms. The van der Waals surface area contributed by atoms with Crippen LogP contribution >= 0.6 is 0 Å². The highest BCUT2D eigenvalue weighted by Gasteiger charge is 2.43. The lowest BCUT2D eigenvalue weighted by Gasteiger charge is -2.33. The Bertz CT molecular complexity index is 948. The second-order valence-electron chi connectivity index (χ2n) is 11.1. The van der Waals surface area contributed by atoms with Gasteiger partial charge in [-0.1, -0.05) is 18.9 Å².